The summed E-state index contributed by atoms with van der Waals surface area (Å²) < 4.78 is 30.0. The molecule has 0 aliphatic heterocycles. The van der Waals surface area contributed by atoms with E-state index in [1.54, 1.807) is 115 Å². The minimum absolute atomic E-state index is 0.139. The molecule has 51 heavy (non-hydrogen) atoms. The molecule has 1 aliphatic rings. The van der Waals surface area contributed by atoms with E-state index in [0.717, 1.165) is 0 Å². The summed E-state index contributed by atoms with van der Waals surface area (Å²) in [7, 11) is 0. The van der Waals surface area contributed by atoms with Crippen LogP contribution >= 0.6 is 0 Å². The first-order chi connectivity index (χ1) is 24.9. The Balaban J connectivity index is 1.44. The lowest BCUT2D eigenvalue weighted by Gasteiger charge is -2.43. The van der Waals surface area contributed by atoms with Crippen LogP contribution in [0, 0.1) is 0 Å². The van der Waals surface area contributed by atoms with E-state index in [1.165, 1.54) is 36.4 Å². The van der Waals surface area contributed by atoms with Gasteiger partial charge in [0.25, 0.3) is 0 Å². The van der Waals surface area contributed by atoms with E-state index in [2.05, 4.69) is 0 Å². The Morgan fingerprint density at radius 3 is 0.784 bits per heavy atom. The molecule has 4 atom stereocenters. The Morgan fingerprint density at radius 1 is 0.314 bits per heavy atom. The Hall–Kier alpha value is -6.55. The van der Waals surface area contributed by atoms with Crippen LogP contribution in [-0.4, -0.2) is 60.4 Å². The van der Waals surface area contributed by atoms with E-state index in [0.29, 0.717) is 0 Å². The highest BCUT2D eigenvalue weighted by Crippen LogP contribution is 2.34. The zero-order valence-corrected chi connectivity index (χ0v) is 27.1. The predicted molar refractivity (Wildman–Crippen MR) is 183 cm³/mol. The maximum Gasteiger partial charge on any atom is 0.338 e. The van der Waals surface area contributed by atoms with Crippen LogP contribution in [-0.2, 0) is 23.7 Å². The third-order valence-electron chi connectivity index (χ3n) is 8.14. The molecule has 0 bridgehead atoms. The van der Waals surface area contributed by atoms with Gasteiger partial charge in [0.05, 0.1) is 27.8 Å². The van der Waals surface area contributed by atoms with Crippen LogP contribution in [0.2, 0.25) is 0 Å². The summed E-state index contributed by atoms with van der Waals surface area (Å²) in [6.45, 7) is 0. The fraction of sp³-hybridized carbons (Fsp3) is 0.146. The van der Waals surface area contributed by atoms with Crippen molar-refractivity contribution in [2.24, 2.45) is 0 Å². The minimum Gasteiger partial charge on any atom is -0.455 e. The maximum atomic E-state index is 13.7. The van der Waals surface area contributed by atoms with Crippen LogP contribution < -0.4 is 0 Å². The lowest BCUT2D eigenvalue weighted by molar-refractivity contribution is -0.182. The van der Waals surface area contributed by atoms with Crippen LogP contribution in [0.15, 0.2) is 152 Å². The van der Waals surface area contributed by atoms with Crippen molar-refractivity contribution in [2.75, 3.05) is 0 Å². The summed E-state index contributed by atoms with van der Waals surface area (Å²) in [6.07, 6.45) is -7.68. The fourth-order valence-electron chi connectivity index (χ4n) is 5.61. The lowest BCUT2D eigenvalue weighted by atomic mass is 9.86. The van der Waals surface area contributed by atoms with E-state index in [-0.39, 0.29) is 34.2 Å². The molecule has 6 rings (SSSR count). The van der Waals surface area contributed by atoms with Crippen molar-refractivity contribution in [3.05, 3.63) is 179 Å². The third kappa shape index (κ3) is 8.55. The van der Waals surface area contributed by atoms with E-state index in [1.807, 2.05) is 0 Å². The van der Waals surface area contributed by atoms with Crippen LogP contribution in [0.5, 0.6) is 0 Å². The average Bonchev–Trinajstić information content (AvgIpc) is 3.18. The van der Waals surface area contributed by atoms with Gasteiger partial charge < -0.3 is 23.7 Å². The SMILES string of the molecule is O=C(OC1[C@H](OC(=O)c2ccccc2)[C@@H](OC(=O)c2ccccc2)C[C@H](OC(=O)c2ccccc2)[C@H]1OC(=O)c1ccccc1)c1ccccc1. The summed E-state index contributed by atoms with van der Waals surface area (Å²) in [6, 6.07) is 40.3. The summed E-state index contributed by atoms with van der Waals surface area (Å²) >= 11 is 0. The Kier molecular flexibility index (Phi) is 10.9. The molecule has 256 valence electrons. The molecule has 0 N–H and O–H groups in total. The van der Waals surface area contributed by atoms with Crippen molar-refractivity contribution in [3.63, 3.8) is 0 Å². The number of hydrogen-bond acceptors (Lipinski definition) is 10. The molecule has 0 aromatic heterocycles. The van der Waals surface area contributed by atoms with Gasteiger partial charge in [0, 0.05) is 6.42 Å². The topological polar surface area (TPSA) is 132 Å². The van der Waals surface area contributed by atoms with Gasteiger partial charge in [-0.15, -0.1) is 0 Å². The fourth-order valence-corrected chi connectivity index (χ4v) is 5.61. The van der Waals surface area contributed by atoms with Crippen molar-refractivity contribution in [1.82, 2.24) is 0 Å². The molecular formula is C41H32O10. The van der Waals surface area contributed by atoms with E-state index >= 15 is 0 Å². The highest BCUT2D eigenvalue weighted by atomic mass is 16.6. The molecule has 0 unspecified atom stereocenters. The number of ether oxygens (including phenoxy) is 5. The third-order valence-corrected chi connectivity index (χ3v) is 8.14. The first-order valence-electron chi connectivity index (χ1n) is 16.2. The number of hydrogen-bond donors (Lipinski definition) is 0. The summed E-state index contributed by atoms with van der Waals surface area (Å²) in [5.41, 5.74) is 0.848. The quantitative estimate of drug-likeness (QED) is 0.118. The summed E-state index contributed by atoms with van der Waals surface area (Å²) in [5, 5.41) is 0. The van der Waals surface area contributed by atoms with E-state index < -0.39 is 60.4 Å². The van der Waals surface area contributed by atoms with Crippen molar-refractivity contribution >= 4 is 29.8 Å². The number of carbonyl (C=O) groups is 5. The minimum atomic E-state index is -1.63. The van der Waals surface area contributed by atoms with Gasteiger partial charge >= 0.3 is 29.8 Å². The molecule has 1 saturated carbocycles. The molecule has 0 saturated heterocycles. The number of carbonyl (C=O) groups excluding carboxylic acids is 5. The summed E-state index contributed by atoms with van der Waals surface area (Å²) in [4.78, 5) is 67.9. The molecular weight excluding hydrogens is 652 g/mol. The highest BCUT2D eigenvalue weighted by molar-refractivity contribution is 5.92. The monoisotopic (exact) mass is 684 g/mol. The van der Waals surface area contributed by atoms with Crippen molar-refractivity contribution in [1.29, 1.82) is 0 Å². The molecule has 10 heteroatoms. The number of rotatable bonds is 10. The van der Waals surface area contributed by atoms with Gasteiger partial charge in [-0.3, -0.25) is 0 Å². The zero-order chi connectivity index (χ0) is 35.6. The van der Waals surface area contributed by atoms with Crippen molar-refractivity contribution in [3.8, 4) is 0 Å². The Morgan fingerprint density at radius 2 is 0.529 bits per heavy atom. The molecule has 0 heterocycles. The molecule has 1 fully saturated rings. The van der Waals surface area contributed by atoms with Gasteiger partial charge in [0.15, 0.2) is 18.3 Å². The van der Waals surface area contributed by atoms with Gasteiger partial charge in [0.2, 0.25) is 0 Å². The molecule has 0 amide bonds. The first kappa shape index (κ1) is 34.3. The molecule has 1 aliphatic carbocycles. The molecule has 10 nitrogen and oxygen atoms in total. The smallest absolute Gasteiger partial charge is 0.338 e. The summed E-state index contributed by atoms with van der Waals surface area (Å²) in [5.74, 6) is -4.06. The molecule has 0 radical (unpaired) electrons. The average molecular weight is 685 g/mol. The Labute approximate surface area is 293 Å². The van der Waals surface area contributed by atoms with Crippen molar-refractivity contribution in [2.45, 2.75) is 36.9 Å². The predicted octanol–water partition coefficient (Wildman–Crippen LogP) is 6.52. The second kappa shape index (κ2) is 16.2. The largest absolute Gasteiger partial charge is 0.455 e. The van der Waals surface area contributed by atoms with Gasteiger partial charge in [-0.05, 0) is 60.7 Å². The lowest BCUT2D eigenvalue weighted by Crippen LogP contribution is -2.62. The van der Waals surface area contributed by atoms with Crippen LogP contribution in [0.1, 0.15) is 58.2 Å². The van der Waals surface area contributed by atoms with Gasteiger partial charge in [-0.25, -0.2) is 24.0 Å². The van der Waals surface area contributed by atoms with Crippen LogP contribution in [0.4, 0.5) is 0 Å². The standard InChI is InChI=1S/C41H32O10/c42-37(27-16-6-1-7-17-27)47-32-26-33(48-38(43)28-18-8-2-9-19-28)35(50-40(45)30-22-12-4-13-23-30)36(51-41(46)31-24-14-5-15-25-31)34(32)49-39(44)29-20-10-3-11-21-29/h1-25,32-36H,26H2/t32-,33-,34+,35+/m0/s1. The zero-order valence-electron chi connectivity index (χ0n) is 27.1. The first-order valence-corrected chi connectivity index (χ1v) is 16.2. The molecule has 0 spiro atoms. The molecule has 5 aromatic carbocycles. The van der Waals surface area contributed by atoms with Crippen LogP contribution in [0.3, 0.4) is 0 Å². The van der Waals surface area contributed by atoms with Gasteiger partial charge in [-0.1, -0.05) is 91.0 Å². The van der Waals surface area contributed by atoms with Gasteiger partial charge in [0.1, 0.15) is 12.2 Å². The highest BCUT2D eigenvalue weighted by Gasteiger charge is 2.54. The number of benzene rings is 5. The van der Waals surface area contributed by atoms with E-state index in [4.69, 9.17) is 23.7 Å². The van der Waals surface area contributed by atoms with Gasteiger partial charge in [-0.2, -0.15) is 0 Å². The second-order valence-corrected chi connectivity index (χ2v) is 11.6. The Bertz CT molecular complexity index is 1830. The van der Waals surface area contributed by atoms with Crippen molar-refractivity contribution < 1.29 is 47.7 Å². The van der Waals surface area contributed by atoms with E-state index in [9.17, 15) is 24.0 Å². The molecule has 5 aromatic rings. The second-order valence-electron chi connectivity index (χ2n) is 11.6. The normalized spacial score (nSPS) is 19.5. The number of esters is 5. The maximum absolute atomic E-state index is 13.7. The van der Waals surface area contributed by atoms with Crippen LogP contribution in [0.25, 0.3) is 0 Å².